The second-order valence-corrected chi connectivity index (χ2v) is 4.36. The summed E-state index contributed by atoms with van der Waals surface area (Å²) in [5.41, 5.74) is 1.19. The summed E-state index contributed by atoms with van der Waals surface area (Å²) in [4.78, 5) is 0. The van der Waals surface area contributed by atoms with Crippen molar-refractivity contribution in [1.82, 2.24) is 5.32 Å². The summed E-state index contributed by atoms with van der Waals surface area (Å²) in [6.45, 7) is 4.77. The van der Waals surface area contributed by atoms with Crippen LogP contribution < -0.4 is 10.1 Å². The Balaban J connectivity index is 2.50. The fourth-order valence-corrected chi connectivity index (χ4v) is 1.70. The van der Waals surface area contributed by atoms with Crippen LogP contribution in [0.25, 0.3) is 0 Å². The third kappa shape index (κ3) is 4.46. The molecule has 0 radical (unpaired) electrons. The SMILES string of the molecule is COc1ccccc1CC(C)NCC(C)C#N. The molecule has 0 fully saturated rings. The maximum atomic E-state index is 8.71. The molecule has 2 atom stereocenters. The highest BCUT2D eigenvalue weighted by Crippen LogP contribution is 2.18. The van der Waals surface area contributed by atoms with Gasteiger partial charge < -0.3 is 10.1 Å². The zero-order valence-corrected chi connectivity index (χ0v) is 10.7. The molecule has 3 nitrogen and oxygen atoms in total. The molecule has 1 N–H and O–H groups in total. The fraction of sp³-hybridized carbons (Fsp3) is 0.500. The first kappa shape index (κ1) is 13.5. The van der Waals surface area contributed by atoms with Gasteiger partial charge in [0.25, 0.3) is 0 Å². The summed E-state index contributed by atoms with van der Waals surface area (Å²) < 4.78 is 5.31. The van der Waals surface area contributed by atoms with Crippen molar-refractivity contribution in [2.24, 2.45) is 5.92 Å². The number of nitrogens with zero attached hydrogens (tertiary/aromatic N) is 1. The van der Waals surface area contributed by atoms with E-state index >= 15 is 0 Å². The van der Waals surface area contributed by atoms with Crippen molar-refractivity contribution >= 4 is 0 Å². The molecular formula is C14H20N2O. The smallest absolute Gasteiger partial charge is 0.122 e. The largest absolute Gasteiger partial charge is 0.496 e. The molecule has 92 valence electrons. The highest BCUT2D eigenvalue weighted by atomic mass is 16.5. The van der Waals surface area contributed by atoms with E-state index in [0.717, 1.165) is 18.7 Å². The Hall–Kier alpha value is -1.53. The molecule has 1 rings (SSSR count). The lowest BCUT2D eigenvalue weighted by molar-refractivity contribution is 0.405. The first-order valence-corrected chi connectivity index (χ1v) is 5.92. The minimum Gasteiger partial charge on any atom is -0.496 e. The van der Waals surface area contributed by atoms with Crippen LogP contribution in [0.15, 0.2) is 24.3 Å². The van der Waals surface area contributed by atoms with E-state index in [1.165, 1.54) is 5.56 Å². The van der Waals surface area contributed by atoms with Gasteiger partial charge in [0, 0.05) is 12.6 Å². The summed E-state index contributed by atoms with van der Waals surface area (Å²) in [7, 11) is 1.69. The van der Waals surface area contributed by atoms with Crippen molar-refractivity contribution in [2.75, 3.05) is 13.7 Å². The van der Waals surface area contributed by atoms with Crippen LogP contribution in [0.1, 0.15) is 19.4 Å². The highest BCUT2D eigenvalue weighted by Gasteiger charge is 2.08. The van der Waals surface area contributed by atoms with Gasteiger partial charge in [0.1, 0.15) is 5.75 Å². The van der Waals surface area contributed by atoms with Crippen LogP contribution in [0.4, 0.5) is 0 Å². The predicted octanol–water partition coefficient (Wildman–Crippen LogP) is 2.38. The van der Waals surface area contributed by atoms with Crippen molar-refractivity contribution in [3.8, 4) is 11.8 Å². The number of hydrogen-bond acceptors (Lipinski definition) is 3. The number of nitrogens with one attached hydrogen (secondary N) is 1. The van der Waals surface area contributed by atoms with Crippen LogP contribution >= 0.6 is 0 Å². The maximum Gasteiger partial charge on any atom is 0.122 e. The quantitative estimate of drug-likeness (QED) is 0.819. The molecule has 0 amide bonds. The summed E-state index contributed by atoms with van der Waals surface area (Å²) in [5.74, 6) is 0.976. The van der Waals surface area contributed by atoms with Gasteiger partial charge in [-0.05, 0) is 31.9 Å². The fourth-order valence-electron chi connectivity index (χ4n) is 1.70. The zero-order chi connectivity index (χ0) is 12.7. The van der Waals surface area contributed by atoms with Crippen LogP contribution in [0, 0.1) is 17.2 Å². The van der Waals surface area contributed by atoms with Gasteiger partial charge in [-0.3, -0.25) is 0 Å². The molecular weight excluding hydrogens is 212 g/mol. The minimum absolute atomic E-state index is 0.0510. The molecule has 0 spiro atoms. The van der Waals surface area contributed by atoms with E-state index in [4.69, 9.17) is 10.00 Å². The predicted molar refractivity (Wildman–Crippen MR) is 68.9 cm³/mol. The average molecular weight is 232 g/mol. The van der Waals surface area contributed by atoms with E-state index in [2.05, 4.69) is 24.4 Å². The number of methoxy groups -OCH3 is 1. The number of benzene rings is 1. The Kier molecular flexibility index (Phi) is 5.51. The van der Waals surface area contributed by atoms with Gasteiger partial charge in [-0.2, -0.15) is 5.26 Å². The second-order valence-electron chi connectivity index (χ2n) is 4.36. The van der Waals surface area contributed by atoms with Crippen LogP contribution in [-0.4, -0.2) is 19.7 Å². The van der Waals surface area contributed by atoms with Crippen LogP contribution in [-0.2, 0) is 6.42 Å². The van der Waals surface area contributed by atoms with Crippen LogP contribution in [0.2, 0.25) is 0 Å². The Morgan fingerprint density at radius 1 is 1.35 bits per heavy atom. The molecule has 0 heterocycles. The molecule has 0 aliphatic heterocycles. The number of hydrogen-bond donors (Lipinski definition) is 1. The maximum absolute atomic E-state index is 8.71. The Morgan fingerprint density at radius 3 is 2.71 bits per heavy atom. The monoisotopic (exact) mass is 232 g/mol. The molecule has 17 heavy (non-hydrogen) atoms. The highest BCUT2D eigenvalue weighted by molar-refractivity contribution is 5.33. The van der Waals surface area contributed by atoms with Crippen molar-refractivity contribution in [3.05, 3.63) is 29.8 Å². The molecule has 0 saturated heterocycles. The molecule has 2 unspecified atom stereocenters. The van der Waals surface area contributed by atoms with Crippen molar-refractivity contribution in [3.63, 3.8) is 0 Å². The van der Waals surface area contributed by atoms with Gasteiger partial charge in [-0.15, -0.1) is 0 Å². The Morgan fingerprint density at radius 2 is 2.06 bits per heavy atom. The zero-order valence-electron chi connectivity index (χ0n) is 10.7. The normalized spacial score (nSPS) is 13.8. The number of nitriles is 1. The minimum atomic E-state index is 0.0510. The lowest BCUT2D eigenvalue weighted by atomic mass is 10.1. The molecule has 1 aromatic carbocycles. The van der Waals surface area contributed by atoms with E-state index in [0.29, 0.717) is 6.04 Å². The molecule has 0 saturated carbocycles. The summed E-state index contributed by atoms with van der Waals surface area (Å²) >= 11 is 0. The number of rotatable bonds is 6. The standard InChI is InChI=1S/C14H20N2O/c1-11(9-15)10-16-12(2)8-13-6-4-5-7-14(13)17-3/h4-7,11-12,16H,8,10H2,1-3H3. The molecule has 3 heteroatoms. The topological polar surface area (TPSA) is 45.0 Å². The van der Waals surface area contributed by atoms with Gasteiger partial charge in [0.05, 0.1) is 19.1 Å². The summed E-state index contributed by atoms with van der Waals surface area (Å²) in [6.07, 6.45) is 0.905. The van der Waals surface area contributed by atoms with Crippen LogP contribution in [0.3, 0.4) is 0 Å². The van der Waals surface area contributed by atoms with Gasteiger partial charge >= 0.3 is 0 Å². The first-order chi connectivity index (χ1) is 8.17. The van der Waals surface area contributed by atoms with E-state index in [1.54, 1.807) is 7.11 Å². The van der Waals surface area contributed by atoms with Gasteiger partial charge in [-0.1, -0.05) is 18.2 Å². The van der Waals surface area contributed by atoms with Gasteiger partial charge in [0.2, 0.25) is 0 Å². The molecule has 0 aliphatic carbocycles. The van der Waals surface area contributed by atoms with Crippen LogP contribution in [0.5, 0.6) is 5.75 Å². The molecule has 0 bridgehead atoms. The molecule has 1 aromatic rings. The third-order valence-corrected chi connectivity index (χ3v) is 2.71. The van der Waals surface area contributed by atoms with E-state index < -0.39 is 0 Å². The first-order valence-electron chi connectivity index (χ1n) is 5.92. The summed E-state index contributed by atoms with van der Waals surface area (Å²) in [6, 6.07) is 10.6. The Labute approximate surface area is 103 Å². The second kappa shape index (κ2) is 6.93. The lowest BCUT2D eigenvalue weighted by Crippen LogP contribution is -2.31. The van der Waals surface area contributed by atoms with Gasteiger partial charge in [-0.25, -0.2) is 0 Å². The summed E-state index contributed by atoms with van der Waals surface area (Å²) in [5, 5.41) is 12.1. The average Bonchev–Trinajstić information content (AvgIpc) is 2.36. The number of para-hydroxylation sites is 1. The third-order valence-electron chi connectivity index (χ3n) is 2.71. The lowest BCUT2D eigenvalue weighted by Gasteiger charge is -2.16. The van der Waals surface area contributed by atoms with Crippen molar-refractivity contribution < 1.29 is 4.74 Å². The van der Waals surface area contributed by atoms with E-state index in [-0.39, 0.29) is 5.92 Å². The van der Waals surface area contributed by atoms with Crippen molar-refractivity contribution in [1.29, 1.82) is 5.26 Å². The number of ether oxygens (including phenoxy) is 1. The van der Waals surface area contributed by atoms with E-state index in [1.807, 2.05) is 25.1 Å². The van der Waals surface area contributed by atoms with Gasteiger partial charge in [0.15, 0.2) is 0 Å². The molecule has 0 aromatic heterocycles. The molecule has 0 aliphatic rings. The Bertz CT molecular complexity index is 384. The van der Waals surface area contributed by atoms with E-state index in [9.17, 15) is 0 Å². The van der Waals surface area contributed by atoms with Crippen molar-refractivity contribution in [2.45, 2.75) is 26.3 Å².